The van der Waals surface area contributed by atoms with Gasteiger partial charge in [0.05, 0.1) is 28.2 Å². The number of primary amides is 1. The second-order valence-electron chi connectivity index (χ2n) is 7.05. The lowest BCUT2D eigenvalue weighted by Crippen LogP contribution is -2.28. The molecule has 3 aromatic rings. The first-order valence-electron chi connectivity index (χ1n) is 10.0. The minimum Gasteiger partial charge on any atom is -0.477 e. The van der Waals surface area contributed by atoms with E-state index in [1.807, 2.05) is 41.8 Å². The Morgan fingerprint density at radius 1 is 1.19 bits per heavy atom. The summed E-state index contributed by atoms with van der Waals surface area (Å²) in [6.45, 7) is 4.42. The van der Waals surface area contributed by atoms with Gasteiger partial charge in [-0.2, -0.15) is 0 Å². The molecule has 0 bridgehead atoms. The molecule has 1 heterocycles. The summed E-state index contributed by atoms with van der Waals surface area (Å²) in [6, 6.07) is 13.5. The van der Waals surface area contributed by atoms with Gasteiger partial charge in [0.25, 0.3) is 0 Å². The summed E-state index contributed by atoms with van der Waals surface area (Å²) < 4.78 is 13.8. The van der Waals surface area contributed by atoms with Crippen LogP contribution < -0.4 is 10.5 Å². The summed E-state index contributed by atoms with van der Waals surface area (Å²) in [7, 11) is 0. The Morgan fingerprint density at radius 2 is 1.90 bits per heavy atom. The van der Waals surface area contributed by atoms with Crippen molar-refractivity contribution in [3.63, 3.8) is 0 Å². The van der Waals surface area contributed by atoms with Crippen molar-refractivity contribution in [1.82, 2.24) is 4.57 Å². The zero-order valence-corrected chi connectivity index (χ0v) is 19.7. The third-order valence-corrected chi connectivity index (χ3v) is 6.08. The Hall–Kier alpha value is -2.51. The number of esters is 1. The zero-order chi connectivity index (χ0) is 22.5. The van der Waals surface area contributed by atoms with E-state index in [1.165, 1.54) is 0 Å². The predicted molar refractivity (Wildman–Crippen MR) is 124 cm³/mol. The summed E-state index contributed by atoms with van der Waals surface area (Å²) in [5.74, 6) is -0.541. The van der Waals surface area contributed by atoms with E-state index in [0.29, 0.717) is 23.7 Å². The third kappa shape index (κ3) is 5.22. The van der Waals surface area contributed by atoms with Crippen molar-refractivity contribution in [2.45, 2.75) is 39.3 Å². The van der Waals surface area contributed by atoms with Crippen molar-refractivity contribution in [2.24, 2.45) is 5.73 Å². The topological polar surface area (TPSA) is 83.6 Å². The first-order valence-corrected chi connectivity index (χ1v) is 11.2. The van der Waals surface area contributed by atoms with Gasteiger partial charge in [0.15, 0.2) is 6.10 Å². The fourth-order valence-electron chi connectivity index (χ4n) is 3.43. The molecular weight excluding hydrogens is 484 g/mol. The molecule has 1 atom stereocenters. The van der Waals surface area contributed by atoms with Crippen LogP contribution in [0.3, 0.4) is 0 Å². The van der Waals surface area contributed by atoms with Crippen molar-refractivity contribution in [3.05, 3.63) is 63.2 Å². The lowest BCUT2D eigenvalue weighted by molar-refractivity contribution is -0.151. The molecule has 2 aromatic carbocycles. The largest absolute Gasteiger partial charge is 0.477 e. The van der Waals surface area contributed by atoms with Crippen LogP contribution in [0.1, 0.15) is 31.4 Å². The number of benzene rings is 2. The van der Waals surface area contributed by atoms with Crippen molar-refractivity contribution in [1.29, 1.82) is 0 Å². The van der Waals surface area contributed by atoms with E-state index in [2.05, 4.69) is 15.9 Å². The SMILES string of the molecule is CCOC(=O)C(CC)Oc1cc2c(CC(N)=O)c(Br)n(Cc3ccccc3)c2cc1Cl. The first kappa shape index (κ1) is 23.2. The fourth-order valence-corrected chi connectivity index (χ4v) is 4.30. The second-order valence-corrected chi connectivity index (χ2v) is 8.21. The molecule has 1 amide bonds. The minimum absolute atomic E-state index is 0.0506. The number of nitrogens with zero attached hydrogens (tertiary/aromatic N) is 1. The molecule has 0 aliphatic heterocycles. The van der Waals surface area contributed by atoms with Gasteiger partial charge in [0.1, 0.15) is 5.75 Å². The molecular formula is C23H24BrClN2O4. The Morgan fingerprint density at radius 3 is 2.52 bits per heavy atom. The lowest BCUT2D eigenvalue weighted by atomic mass is 10.1. The third-order valence-electron chi connectivity index (χ3n) is 4.88. The van der Waals surface area contributed by atoms with E-state index in [9.17, 15) is 9.59 Å². The molecule has 6 nitrogen and oxygen atoms in total. The average Bonchev–Trinajstić information content (AvgIpc) is 2.97. The molecule has 31 heavy (non-hydrogen) atoms. The van der Waals surface area contributed by atoms with Gasteiger partial charge in [-0.1, -0.05) is 48.9 Å². The van der Waals surface area contributed by atoms with Crippen molar-refractivity contribution < 1.29 is 19.1 Å². The number of fused-ring (bicyclic) bond motifs is 1. The van der Waals surface area contributed by atoms with Gasteiger partial charge in [-0.15, -0.1) is 0 Å². The number of carbonyl (C=O) groups is 2. The number of amides is 1. The monoisotopic (exact) mass is 506 g/mol. The maximum atomic E-state index is 12.2. The molecule has 1 aromatic heterocycles. The van der Waals surface area contributed by atoms with Crippen LogP contribution in [0.15, 0.2) is 47.1 Å². The number of hydrogen-bond acceptors (Lipinski definition) is 4. The van der Waals surface area contributed by atoms with Gasteiger partial charge in [-0.3, -0.25) is 4.79 Å². The van der Waals surface area contributed by atoms with Crippen LogP contribution >= 0.6 is 27.5 Å². The second kappa shape index (κ2) is 10.2. The van der Waals surface area contributed by atoms with Crippen LogP contribution in [0.5, 0.6) is 5.75 Å². The van der Waals surface area contributed by atoms with Crippen LogP contribution in [0, 0.1) is 0 Å². The number of nitrogens with two attached hydrogens (primary N) is 1. The highest BCUT2D eigenvalue weighted by molar-refractivity contribution is 9.10. The van der Waals surface area contributed by atoms with E-state index in [-0.39, 0.29) is 13.0 Å². The average molecular weight is 508 g/mol. The number of hydrogen-bond donors (Lipinski definition) is 1. The molecule has 1 unspecified atom stereocenters. The van der Waals surface area contributed by atoms with Crippen molar-refractivity contribution in [2.75, 3.05) is 6.61 Å². The summed E-state index contributed by atoms with van der Waals surface area (Å²) in [5, 5.41) is 1.14. The van der Waals surface area contributed by atoms with E-state index in [4.69, 9.17) is 26.8 Å². The molecule has 0 aliphatic carbocycles. The quantitative estimate of drug-likeness (QED) is 0.420. The number of carbonyl (C=O) groups excluding carboxylic acids is 2. The highest BCUT2D eigenvalue weighted by atomic mass is 79.9. The summed E-state index contributed by atoms with van der Waals surface area (Å²) >= 11 is 10.2. The van der Waals surface area contributed by atoms with Gasteiger partial charge >= 0.3 is 5.97 Å². The summed E-state index contributed by atoms with van der Waals surface area (Å²) in [4.78, 5) is 23.9. The molecule has 2 N–H and O–H groups in total. The summed E-state index contributed by atoms with van der Waals surface area (Å²) in [5.41, 5.74) is 8.16. The summed E-state index contributed by atoms with van der Waals surface area (Å²) in [6.07, 6.45) is -0.293. The molecule has 0 aliphatic rings. The number of ether oxygens (including phenoxy) is 2. The Labute approximate surface area is 194 Å². The molecule has 3 rings (SSSR count). The molecule has 0 spiro atoms. The standard InChI is InChI=1S/C23H24BrClN2O4/c1-3-19(23(29)30-4-2)31-20-10-15-16(11-21(26)28)22(24)27(18(15)12-17(20)25)13-14-8-6-5-7-9-14/h5-10,12,19H,3-4,11,13H2,1-2H3,(H2,26,28). The number of halogens is 2. The van der Waals surface area contributed by atoms with Gasteiger partial charge < -0.3 is 19.8 Å². The highest BCUT2D eigenvalue weighted by Gasteiger charge is 2.24. The van der Waals surface area contributed by atoms with E-state index >= 15 is 0 Å². The maximum absolute atomic E-state index is 12.2. The van der Waals surface area contributed by atoms with Crippen LogP contribution in [0.25, 0.3) is 10.9 Å². The smallest absolute Gasteiger partial charge is 0.347 e. The Bertz CT molecular complexity index is 1100. The molecule has 164 valence electrons. The van der Waals surface area contributed by atoms with Crippen molar-refractivity contribution >= 4 is 50.3 Å². The number of rotatable bonds is 9. The van der Waals surface area contributed by atoms with Crippen LogP contribution in [0.4, 0.5) is 0 Å². The van der Waals surface area contributed by atoms with Crippen LogP contribution in [-0.4, -0.2) is 29.2 Å². The maximum Gasteiger partial charge on any atom is 0.347 e. The van der Waals surface area contributed by atoms with E-state index in [0.717, 1.165) is 26.6 Å². The van der Waals surface area contributed by atoms with E-state index in [1.54, 1.807) is 19.1 Å². The Balaban J connectivity index is 2.09. The highest BCUT2D eigenvalue weighted by Crippen LogP contribution is 2.38. The lowest BCUT2D eigenvalue weighted by Gasteiger charge is -2.17. The first-order chi connectivity index (χ1) is 14.8. The molecule has 0 radical (unpaired) electrons. The fraction of sp³-hybridized carbons (Fsp3) is 0.304. The van der Waals surface area contributed by atoms with E-state index < -0.39 is 18.0 Å². The minimum atomic E-state index is -0.774. The van der Waals surface area contributed by atoms with Crippen LogP contribution in [0.2, 0.25) is 5.02 Å². The normalized spacial score (nSPS) is 12.0. The van der Waals surface area contributed by atoms with Crippen molar-refractivity contribution in [3.8, 4) is 5.75 Å². The zero-order valence-electron chi connectivity index (χ0n) is 17.4. The van der Waals surface area contributed by atoms with Gasteiger partial charge in [0, 0.05) is 17.5 Å². The Kier molecular flexibility index (Phi) is 7.62. The molecule has 0 saturated heterocycles. The van der Waals surface area contributed by atoms with Crippen LogP contribution in [-0.2, 0) is 27.3 Å². The van der Waals surface area contributed by atoms with Gasteiger partial charge in [-0.05, 0) is 47.0 Å². The molecule has 0 fully saturated rings. The molecule has 0 saturated carbocycles. The predicted octanol–water partition coefficient (Wildman–Crippen LogP) is 4.85. The number of aromatic nitrogens is 1. The van der Waals surface area contributed by atoms with Gasteiger partial charge in [0.2, 0.25) is 5.91 Å². The molecule has 8 heteroatoms. The van der Waals surface area contributed by atoms with Gasteiger partial charge in [-0.25, -0.2) is 4.79 Å².